The van der Waals surface area contributed by atoms with E-state index in [0.717, 1.165) is 23.1 Å². The Morgan fingerprint density at radius 3 is 2.32 bits per heavy atom. The van der Waals surface area contributed by atoms with Crippen LogP contribution in [0.2, 0.25) is 5.02 Å². The monoisotopic (exact) mass is 318 g/mol. The first kappa shape index (κ1) is 14.4. The topological polar surface area (TPSA) is 41.1 Å². The molecule has 4 aliphatic carbocycles. The number of anilines is 1. The number of carbonyl (C=O) groups excluding carboxylic acids is 1. The van der Waals surface area contributed by atoms with E-state index in [4.69, 9.17) is 11.6 Å². The summed E-state index contributed by atoms with van der Waals surface area (Å²) in [6.07, 6.45) is 6.69. The van der Waals surface area contributed by atoms with Crippen LogP contribution in [0.1, 0.15) is 37.7 Å². The molecule has 2 amide bonds. The maximum absolute atomic E-state index is 12.3. The molecule has 22 heavy (non-hydrogen) atoms. The van der Waals surface area contributed by atoms with Crippen LogP contribution in [-0.2, 0) is 0 Å². The SMILES string of the molecule is Cc1ccc(NC(=O)NC2C3CC4CC(C3)CC2C4)cc1Cl. The van der Waals surface area contributed by atoms with Crippen molar-refractivity contribution < 1.29 is 4.79 Å². The summed E-state index contributed by atoms with van der Waals surface area (Å²) in [5, 5.41) is 6.87. The summed E-state index contributed by atoms with van der Waals surface area (Å²) in [6.45, 7) is 1.96. The lowest BCUT2D eigenvalue weighted by Gasteiger charge is -2.54. The van der Waals surface area contributed by atoms with Crippen molar-refractivity contribution in [2.45, 2.75) is 45.1 Å². The van der Waals surface area contributed by atoms with Gasteiger partial charge in [0.15, 0.2) is 0 Å². The zero-order valence-electron chi connectivity index (χ0n) is 12.9. The molecule has 4 bridgehead atoms. The lowest BCUT2D eigenvalue weighted by molar-refractivity contribution is -0.00883. The van der Waals surface area contributed by atoms with Crippen LogP contribution in [0.15, 0.2) is 18.2 Å². The first-order chi connectivity index (χ1) is 10.6. The normalized spacial score (nSPS) is 35.5. The van der Waals surface area contributed by atoms with Crippen molar-refractivity contribution >= 4 is 23.3 Å². The Labute approximate surface area is 136 Å². The Morgan fingerprint density at radius 1 is 1.09 bits per heavy atom. The molecular weight excluding hydrogens is 296 g/mol. The third-order valence-corrected chi connectivity index (χ3v) is 6.36. The molecule has 1 aromatic carbocycles. The smallest absolute Gasteiger partial charge is 0.319 e. The summed E-state index contributed by atoms with van der Waals surface area (Å²) < 4.78 is 0. The van der Waals surface area contributed by atoms with Crippen LogP contribution >= 0.6 is 11.6 Å². The summed E-state index contributed by atoms with van der Waals surface area (Å²) in [5.74, 6) is 3.26. The van der Waals surface area contributed by atoms with E-state index in [1.54, 1.807) is 0 Å². The van der Waals surface area contributed by atoms with Crippen molar-refractivity contribution in [3.8, 4) is 0 Å². The summed E-state index contributed by atoms with van der Waals surface area (Å²) in [7, 11) is 0. The van der Waals surface area contributed by atoms with E-state index in [1.165, 1.54) is 32.1 Å². The average molecular weight is 319 g/mol. The average Bonchev–Trinajstić information content (AvgIpc) is 2.46. The van der Waals surface area contributed by atoms with Gasteiger partial charge in [0, 0.05) is 16.8 Å². The highest BCUT2D eigenvalue weighted by Gasteiger charge is 2.48. The Morgan fingerprint density at radius 2 is 1.73 bits per heavy atom. The van der Waals surface area contributed by atoms with Gasteiger partial charge >= 0.3 is 6.03 Å². The second-order valence-electron chi connectivity index (χ2n) is 7.52. The van der Waals surface area contributed by atoms with Crippen molar-refractivity contribution in [2.75, 3.05) is 5.32 Å². The molecule has 4 fully saturated rings. The molecule has 5 rings (SSSR count). The second kappa shape index (κ2) is 5.45. The lowest BCUT2D eigenvalue weighted by atomic mass is 9.54. The highest BCUT2D eigenvalue weighted by molar-refractivity contribution is 6.31. The fourth-order valence-electron chi connectivity index (χ4n) is 5.15. The number of nitrogens with one attached hydrogen (secondary N) is 2. The quantitative estimate of drug-likeness (QED) is 0.822. The Hall–Kier alpha value is -1.22. The van der Waals surface area contributed by atoms with E-state index in [2.05, 4.69) is 10.6 Å². The third kappa shape index (κ3) is 2.60. The Balaban J connectivity index is 1.41. The van der Waals surface area contributed by atoms with E-state index in [-0.39, 0.29) is 6.03 Å². The van der Waals surface area contributed by atoms with Gasteiger partial charge in [0.2, 0.25) is 0 Å². The molecule has 2 N–H and O–H groups in total. The molecule has 3 nitrogen and oxygen atoms in total. The van der Waals surface area contributed by atoms with Gasteiger partial charge in [-0.25, -0.2) is 4.79 Å². The number of aryl methyl sites for hydroxylation is 1. The van der Waals surface area contributed by atoms with Gasteiger partial charge in [-0.1, -0.05) is 17.7 Å². The van der Waals surface area contributed by atoms with Gasteiger partial charge in [-0.3, -0.25) is 0 Å². The molecule has 0 aliphatic heterocycles. The maximum atomic E-state index is 12.3. The molecule has 0 saturated heterocycles. The predicted molar refractivity (Wildman–Crippen MR) is 89.2 cm³/mol. The Bertz CT molecular complexity index is 573. The number of carbonyl (C=O) groups is 1. The van der Waals surface area contributed by atoms with Crippen molar-refractivity contribution in [3.05, 3.63) is 28.8 Å². The molecule has 0 unspecified atom stereocenters. The van der Waals surface area contributed by atoms with Crippen molar-refractivity contribution in [1.29, 1.82) is 0 Å². The molecular formula is C18H23ClN2O. The molecule has 1 aromatic rings. The van der Waals surface area contributed by atoms with Crippen LogP contribution in [0.5, 0.6) is 0 Å². The maximum Gasteiger partial charge on any atom is 0.319 e. The number of benzene rings is 1. The first-order valence-electron chi connectivity index (χ1n) is 8.42. The van der Waals surface area contributed by atoms with Gasteiger partial charge in [-0.05, 0) is 80.4 Å². The fourth-order valence-corrected chi connectivity index (χ4v) is 5.33. The molecule has 4 saturated carbocycles. The van der Waals surface area contributed by atoms with Crippen molar-refractivity contribution in [3.63, 3.8) is 0 Å². The molecule has 4 aliphatic rings. The highest BCUT2D eigenvalue weighted by atomic mass is 35.5. The fraction of sp³-hybridized carbons (Fsp3) is 0.611. The van der Waals surface area contributed by atoms with E-state index in [9.17, 15) is 4.79 Å². The van der Waals surface area contributed by atoms with Gasteiger partial charge in [0.05, 0.1) is 0 Å². The number of urea groups is 1. The van der Waals surface area contributed by atoms with Gasteiger partial charge in [-0.15, -0.1) is 0 Å². The Kier molecular flexibility index (Phi) is 3.56. The molecule has 0 atom stereocenters. The second-order valence-corrected chi connectivity index (χ2v) is 7.93. The van der Waals surface area contributed by atoms with Crippen LogP contribution in [0.3, 0.4) is 0 Å². The molecule has 0 aromatic heterocycles. The molecule has 0 radical (unpaired) electrons. The number of hydrogen-bond acceptors (Lipinski definition) is 1. The van der Waals surface area contributed by atoms with Crippen LogP contribution in [0.25, 0.3) is 0 Å². The van der Waals surface area contributed by atoms with E-state index in [0.29, 0.717) is 22.9 Å². The molecule has 4 heteroatoms. The summed E-state index contributed by atoms with van der Waals surface area (Å²) in [5.41, 5.74) is 1.78. The molecule has 118 valence electrons. The van der Waals surface area contributed by atoms with Crippen LogP contribution < -0.4 is 10.6 Å². The van der Waals surface area contributed by atoms with Gasteiger partial charge in [0.1, 0.15) is 0 Å². The largest absolute Gasteiger partial charge is 0.335 e. The van der Waals surface area contributed by atoms with Gasteiger partial charge in [-0.2, -0.15) is 0 Å². The van der Waals surface area contributed by atoms with E-state index >= 15 is 0 Å². The van der Waals surface area contributed by atoms with Crippen LogP contribution in [0.4, 0.5) is 10.5 Å². The minimum Gasteiger partial charge on any atom is -0.335 e. The first-order valence-corrected chi connectivity index (χ1v) is 8.80. The van der Waals surface area contributed by atoms with Crippen LogP contribution in [0, 0.1) is 30.6 Å². The predicted octanol–water partition coefficient (Wildman–Crippen LogP) is 4.59. The number of hydrogen-bond donors (Lipinski definition) is 2. The third-order valence-electron chi connectivity index (χ3n) is 5.95. The molecule has 0 spiro atoms. The number of rotatable bonds is 2. The van der Waals surface area contributed by atoms with E-state index in [1.807, 2.05) is 25.1 Å². The zero-order valence-corrected chi connectivity index (χ0v) is 13.7. The summed E-state index contributed by atoms with van der Waals surface area (Å²) in [6, 6.07) is 5.93. The highest BCUT2D eigenvalue weighted by Crippen LogP contribution is 2.53. The van der Waals surface area contributed by atoms with Crippen molar-refractivity contribution in [1.82, 2.24) is 5.32 Å². The summed E-state index contributed by atoms with van der Waals surface area (Å²) >= 11 is 6.12. The standard InChI is InChI=1S/C18H23ClN2O/c1-10-2-3-15(9-16(10)19)20-18(22)21-17-13-5-11-4-12(7-13)8-14(17)6-11/h2-3,9,11-14,17H,4-8H2,1H3,(H2,20,21,22). The zero-order chi connectivity index (χ0) is 15.3. The molecule has 0 heterocycles. The van der Waals surface area contributed by atoms with Gasteiger partial charge < -0.3 is 10.6 Å². The minimum atomic E-state index is -0.0857. The number of amides is 2. The summed E-state index contributed by atoms with van der Waals surface area (Å²) in [4.78, 5) is 12.3. The van der Waals surface area contributed by atoms with E-state index < -0.39 is 0 Å². The number of halogens is 1. The minimum absolute atomic E-state index is 0.0857. The van der Waals surface area contributed by atoms with Crippen LogP contribution in [-0.4, -0.2) is 12.1 Å². The van der Waals surface area contributed by atoms with Gasteiger partial charge in [0.25, 0.3) is 0 Å². The van der Waals surface area contributed by atoms with Crippen molar-refractivity contribution in [2.24, 2.45) is 23.7 Å². The lowest BCUT2D eigenvalue weighted by Crippen LogP contribution is -2.56.